The molecule has 1 aromatic rings. The average Bonchev–Trinajstić information content (AvgIpc) is 2.85. The fraction of sp³-hybridized carbons (Fsp3) is 0.308. The van der Waals surface area contributed by atoms with Gasteiger partial charge in [0.15, 0.2) is 0 Å². The van der Waals surface area contributed by atoms with Crippen LogP contribution in [0.2, 0.25) is 0 Å². The lowest BCUT2D eigenvalue weighted by Gasteiger charge is -2.14. The number of nitrogens with zero attached hydrogens (tertiary/aromatic N) is 1. The molecule has 0 fully saturated rings. The van der Waals surface area contributed by atoms with Gasteiger partial charge < -0.3 is 0 Å². The largest absolute Gasteiger partial charge is 0.253 e. The van der Waals surface area contributed by atoms with E-state index in [1.165, 1.54) is 0 Å². The van der Waals surface area contributed by atoms with Crippen molar-refractivity contribution in [3.8, 4) is 6.07 Å². The van der Waals surface area contributed by atoms with Crippen molar-refractivity contribution in [3.05, 3.63) is 42.5 Å². The number of nitriles is 1. The molecule has 3 unspecified atom stereocenters. The van der Waals surface area contributed by atoms with Gasteiger partial charge in [-0.1, -0.05) is 30.4 Å². The highest BCUT2D eigenvalue weighted by Crippen LogP contribution is 2.26. The summed E-state index contributed by atoms with van der Waals surface area (Å²) in [6, 6.07) is 11.4. The first kappa shape index (κ1) is 11.1. The van der Waals surface area contributed by atoms with Crippen LogP contribution in [0.3, 0.4) is 0 Å². The fourth-order valence-corrected chi connectivity index (χ4v) is 3.27. The van der Waals surface area contributed by atoms with E-state index in [1.807, 2.05) is 36.4 Å². The monoisotopic (exact) mass is 231 g/mol. The van der Waals surface area contributed by atoms with Crippen LogP contribution in [-0.2, 0) is 10.8 Å². The van der Waals surface area contributed by atoms with Crippen LogP contribution in [0, 0.1) is 17.2 Å². The van der Waals surface area contributed by atoms with Gasteiger partial charge in [0.2, 0.25) is 0 Å². The highest BCUT2D eigenvalue weighted by Gasteiger charge is 2.27. The lowest BCUT2D eigenvalue weighted by atomic mass is 10.1. The summed E-state index contributed by atoms with van der Waals surface area (Å²) in [5.41, 5.74) is 0. The summed E-state index contributed by atoms with van der Waals surface area (Å²) in [5, 5.41) is 8.73. The number of benzene rings is 1. The van der Waals surface area contributed by atoms with Gasteiger partial charge >= 0.3 is 0 Å². The van der Waals surface area contributed by atoms with Crippen LogP contribution in [0.4, 0.5) is 0 Å². The number of hydrogen-bond donors (Lipinski definition) is 0. The van der Waals surface area contributed by atoms with Gasteiger partial charge in [0.05, 0.1) is 16.9 Å². The van der Waals surface area contributed by atoms with E-state index >= 15 is 0 Å². The van der Waals surface area contributed by atoms with E-state index < -0.39 is 16.0 Å². The van der Waals surface area contributed by atoms with Crippen molar-refractivity contribution in [2.24, 2.45) is 5.92 Å². The molecule has 1 aromatic carbocycles. The van der Waals surface area contributed by atoms with Crippen LogP contribution in [0.25, 0.3) is 0 Å². The first-order valence-corrected chi connectivity index (χ1v) is 6.56. The van der Waals surface area contributed by atoms with Crippen LogP contribution in [0.5, 0.6) is 0 Å². The molecule has 0 N–H and O–H groups in total. The zero-order valence-corrected chi connectivity index (χ0v) is 9.69. The molecule has 0 saturated carbocycles. The van der Waals surface area contributed by atoms with Crippen molar-refractivity contribution in [3.63, 3.8) is 0 Å². The molecule has 2 rings (SSSR count). The zero-order chi connectivity index (χ0) is 11.4. The van der Waals surface area contributed by atoms with Crippen LogP contribution in [0.15, 0.2) is 47.4 Å². The summed E-state index contributed by atoms with van der Waals surface area (Å²) in [4.78, 5) is 0.745. The van der Waals surface area contributed by atoms with Gasteiger partial charge in [-0.25, -0.2) is 0 Å². The predicted octanol–water partition coefficient (Wildman–Crippen LogP) is 2.65. The van der Waals surface area contributed by atoms with E-state index in [0.29, 0.717) is 0 Å². The molecule has 0 saturated heterocycles. The van der Waals surface area contributed by atoms with E-state index in [-0.39, 0.29) is 5.92 Å². The van der Waals surface area contributed by atoms with E-state index in [2.05, 4.69) is 12.1 Å². The Bertz CT molecular complexity index is 447. The van der Waals surface area contributed by atoms with E-state index in [1.54, 1.807) is 0 Å². The van der Waals surface area contributed by atoms with Crippen LogP contribution in [-0.4, -0.2) is 9.46 Å². The third kappa shape index (κ3) is 2.23. The summed E-state index contributed by atoms with van der Waals surface area (Å²) in [6.45, 7) is 0. The van der Waals surface area contributed by atoms with Gasteiger partial charge in [0.1, 0.15) is 5.25 Å². The van der Waals surface area contributed by atoms with Gasteiger partial charge in [-0.15, -0.1) is 0 Å². The Morgan fingerprint density at radius 1 is 1.38 bits per heavy atom. The quantitative estimate of drug-likeness (QED) is 0.750. The molecule has 0 radical (unpaired) electrons. The standard InChI is InChI=1S/C13H13NOS/c14-10-13(11-6-4-5-7-11)16(15)12-8-2-1-3-9-12/h1-4,6,8-9,11,13H,5,7H2. The number of hydrogen-bond acceptors (Lipinski definition) is 2. The van der Waals surface area contributed by atoms with Crippen LogP contribution < -0.4 is 0 Å². The van der Waals surface area contributed by atoms with Gasteiger partial charge in [0, 0.05) is 10.8 Å². The minimum Gasteiger partial charge on any atom is -0.253 e. The molecular weight excluding hydrogens is 218 g/mol. The third-order valence-corrected chi connectivity index (χ3v) is 4.43. The molecule has 1 aliphatic rings. The molecule has 0 amide bonds. The van der Waals surface area contributed by atoms with Gasteiger partial charge in [-0.3, -0.25) is 4.21 Å². The van der Waals surface area contributed by atoms with Crippen molar-refractivity contribution in [1.29, 1.82) is 5.26 Å². The van der Waals surface area contributed by atoms with Crippen molar-refractivity contribution < 1.29 is 4.21 Å². The molecule has 0 spiro atoms. The maximum Gasteiger partial charge on any atom is 0.132 e. The van der Waals surface area contributed by atoms with Crippen molar-refractivity contribution >= 4 is 10.8 Å². The van der Waals surface area contributed by atoms with E-state index in [9.17, 15) is 4.21 Å². The second-order valence-electron chi connectivity index (χ2n) is 3.83. The summed E-state index contributed by atoms with van der Waals surface area (Å²) < 4.78 is 12.2. The maximum atomic E-state index is 12.2. The number of allylic oxidation sites excluding steroid dienone is 2. The molecule has 3 atom stereocenters. The Kier molecular flexibility index (Phi) is 3.53. The second-order valence-corrected chi connectivity index (χ2v) is 5.40. The fourth-order valence-electron chi connectivity index (χ4n) is 1.91. The zero-order valence-electron chi connectivity index (χ0n) is 8.87. The Labute approximate surface area is 98.1 Å². The molecule has 16 heavy (non-hydrogen) atoms. The highest BCUT2D eigenvalue weighted by molar-refractivity contribution is 7.86. The van der Waals surface area contributed by atoms with Crippen LogP contribution in [0.1, 0.15) is 12.8 Å². The normalized spacial score (nSPS) is 22.6. The van der Waals surface area contributed by atoms with E-state index in [0.717, 1.165) is 17.7 Å². The minimum atomic E-state index is -1.22. The number of rotatable bonds is 3. The molecular formula is C13H13NOS. The van der Waals surface area contributed by atoms with Gasteiger partial charge in [-0.2, -0.15) is 5.26 Å². The maximum absolute atomic E-state index is 12.2. The second kappa shape index (κ2) is 5.09. The molecule has 0 heterocycles. The van der Waals surface area contributed by atoms with Crippen LogP contribution >= 0.6 is 0 Å². The lowest BCUT2D eigenvalue weighted by molar-refractivity contribution is 0.625. The summed E-state index contributed by atoms with van der Waals surface area (Å²) in [6.07, 6.45) is 6.03. The molecule has 82 valence electrons. The van der Waals surface area contributed by atoms with Crippen molar-refractivity contribution in [2.75, 3.05) is 0 Å². The first-order valence-electron chi connectivity index (χ1n) is 5.35. The first-order chi connectivity index (χ1) is 7.83. The van der Waals surface area contributed by atoms with Crippen molar-refractivity contribution in [2.45, 2.75) is 23.0 Å². The topological polar surface area (TPSA) is 40.9 Å². The van der Waals surface area contributed by atoms with Gasteiger partial charge in [0.25, 0.3) is 0 Å². The third-order valence-electron chi connectivity index (χ3n) is 2.77. The Morgan fingerprint density at radius 2 is 2.12 bits per heavy atom. The minimum absolute atomic E-state index is 0.144. The molecule has 2 nitrogen and oxygen atoms in total. The summed E-state index contributed by atoms with van der Waals surface area (Å²) >= 11 is 0. The van der Waals surface area contributed by atoms with Crippen molar-refractivity contribution in [1.82, 2.24) is 0 Å². The molecule has 0 bridgehead atoms. The molecule has 3 heteroatoms. The molecule has 0 aromatic heterocycles. The van der Waals surface area contributed by atoms with Gasteiger partial charge in [-0.05, 0) is 25.0 Å². The smallest absolute Gasteiger partial charge is 0.132 e. The average molecular weight is 231 g/mol. The Balaban J connectivity index is 2.20. The molecule has 0 aliphatic heterocycles. The lowest BCUT2D eigenvalue weighted by Crippen LogP contribution is -2.21. The summed E-state index contributed by atoms with van der Waals surface area (Å²) in [7, 11) is -1.22. The van der Waals surface area contributed by atoms with E-state index in [4.69, 9.17) is 5.26 Å². The Hall–Kier alpha value is -1.40. The molecule has 1 aliphatic carbocycles. The Morgan fingerprint density at radius 3 is 2.69 bits per heavy atom. The SMILES string of the molecule is N#CC(C1C=CCC1)S(=O)c1ccccc1. The predicted molar refractivity (Wildman–Crippen MR) is 64.1 cm³/mol. The highest BCUT2D eigenvalue weighted by atomic mass is 32.2. The summed E-state index contributed by atoms with van der Waals surface area (Å²) in [5.74, 6) is 0.144.